The molecule has 0 unspecified atom stereocenters. The van der Waals surface area contributed by atoms with Crippen molar-refractivity contribution in [2.24, 2.45) is 0 Å². The van der Waals surface area contributed by atoms with E-state index < -0.39 is 0 Å². The molecule has 0 saturated carbocycles. The molecular weight excluding hydrogens is 330 g/mol. The maximum absolute atomic E-state index is 13.1. The zero-order valence-corrected chi connectivity index (χ0v) is 15.1. The highest BCUT2D eigenvalue weighted by molar-refractivity contribution is 5.77. The van der Waals surface area contributed by atoms with Crippen molar-refractivity contribution >= 4 is 5.91 Å². The Hall–Kier alpha value is -2.34. The SMILES string of the molecule is C[C@H](CC(=O)N1Cc2ccccc2OC2(CCOCC2)C1)n1ccnc1. The monoisotopic (exact) mass is 355 g/mol. The third-order valence-electron chi connectivity index (χ3n) is 5.40. The van der Waals surface area contributed by atoms with E-state index in [0.29, 0.717) is 32.7 Å². The van der Waals surface area contributed by atoms with Gasteiger partial charge in [-0.15, -0.1) is 0 Å². The molecule has 1 spiro atoms. The average Bonchev–Trinajstić information content (AvgIpc) is 3.13. The third kappa shape index (κ3) is 3.46. The van der Waals surface area contributed by atoms with Crippen molar-refractivity contribution < 1.29 is 14.3 Å². The summed E-state index contributed by atoms with van der Waals surface area (Å²) >= 11 is 0. The Labute approximate surface area is 153 Å². The Morgan fingerprint density at radius 2 is 2.12 bits per heavy atom. The van der Waals surface area contributed by atoms with Gasteiger partial charge in [-0.25, -0.2) is 4.98 Å². The van der Waals surface area contributed by atoms with Crippen LogP contribution in [0.25, 0.3) is 0 Å². The number of rotatable bonds is 3. The van der Waals surface area contributed by atoms with Crippen LogP contribution in [-0.2, 0) is 16.1 Å². The highest BCUT2D eigenvalue weighted by Crippen LogP contribution is 2.35. The molecule has 3 heterocycles. The van der Waals surface area contributed by atoms with Crippen LogP contribution in [0.3, 0.4) is 0 Å². The van der Waals surface area contributed by atoms with Crippen LogP contribution in [0.5, 0.6) is 5.75 Å². The van der Waals surface area contributed by atoms with Gasteiger partial charge in [0.05, 0.1) is 26.1 Å². The van der Waals surface area contributed by atoms with Gasteiger partial charge in [0.25, 0.3) is 0 Å². The van der Waals surface area contributed by atoms with Crippen LogP contribution in [-0.4, -0.2) is 45.7 Å². The maximum Gasteiger partial charge on any atom is 0.225 e. The van der Waals surface area contributed by atoms with Crippen molar-refractivity contribution in [3.8, 4) is 5.75 Å². The fraction of sp³-hybridized carbons (Fsp3) is 0.500. The highest BCUT2D eigenvalue weighted by Gasteiger charge is 2.40. The minimum atomic E-state index is -0.348. The molecule has 26 heavy (non-hydrogen) atoms. The quantitative estimate of drug-likeness (QED) is 0.850. The van der Waals surface area contributed by atoms with E-state index in [4.69, 9.17) is 9.47 Å². The van der Waals surface area contributed by atoms with E-state index in [0.717, 1.165) is 24.2 Å². The molecule has 1 aromatic carbocycles. The fourth-order valence-corrected chi connectivity index (χ4v) is 3.81. The maximum atomic E-state index is 13.1. The summed E-state index contributed by atoms with van der Waals surface area (Å²) in [5.74, 6) is 1.05. The molecule has 6 nitrogen and oxygen atoms in total. The predicted molar refractivity (Wildman–Crippen MR) is 96.8 cm³/mol. The Bertz CT molecular complexity index is 753. The summed E-state index contributed by atoms with van der Waals surface area (Å²) in [7, 11) is 0. The number of imidazole rings is 1. The second-order valence-electron chi connectivity index (χ2n) is 7.32. The first-order valence-corrected chi connectivity index (χ1v) is 9.25. The third-order valence-corrected chi connectivity index (χ3v) is 5.40. The smallest absolute Gasteiger partial charge is 0.225 e. The van der Waals surface area contributed by atoms with Crippen LogP contribution in [0.15, 0.2) is 43.0 Å². The number of nitrogens with zero attached hydrogens (tertiary/aromatic N) is 3. The number of fused-ring (bicyclic) bond motifs is 1. The Balaban J connectivity index is 1.57. The Morgan fingerprint density at radius 3 is 2.88 bits per heavy atom. The van der Waals surface area contributed by atoms with Crippen LogP contribution < -0.4 is 4.74 Å². The molecule has 0 bridgehead atoms. The number of ether oxygens (including phenoxy) is 2. The standard InChI is InChI=1S/C20H25N3O3/c1-16(22-9-8-21-15-22)12-19(24)23-13-17-4-2-3-5-18(17)26-20(14-23)6-10-25-11-7-20/h2-5,8-9,15-16H,6-7,10-14H2,1H3/t16-/m1/s1. The molecule has 2 aromatic rings. The highest BCUT2D eigenvalue weighted by atomic mass is 16.5. The van der Waals surface area contributed by atoms with E-state index in [2.05, 4.69) is 4.98 Å². The molecule has 1 aromatic heterocycles. The largest absolute Gasteiger partial charge is 0.485 e. The molecule has 138 valence electrons. The van der Waals surface area contributed by atoms with Crippen molar-refractivity contribution in [1.29, 1.82) is 0 Å². The molecule has 1 fully saturated rings. The van der Waals surface area contributed by atoms with Crippen LogP contribution in [0, 0.1) is 0 Å². The Kier molecular flexibility index (Phi) is 4.68. The van der Waals surface area contributed by atoms with Gasteiger partial charge in [0.1, 0.15) is 11.4 Å². The van der Waals surface area contributed by atoms with Crippen LogP contribution in [0.1, 0.15) is 37.8 Å². The molecular formula is C20H25N3O3. The van der Waals surface area contributed by atoms with Crippen molar-refractivity contribution in [1.82, 2.24) is 14.5 Å². The van der Waals surface area contributed by atoms with E-state index in [1.165, 1.54) is 0 Å². The van der Waals surface area contributed by atoms with E-state index in [1.807, 2.05) is 46.9 Å². The Morgan fingerprint density at radius 1 is 1.31 bits per heavy atom. The van der Waals surface area contributed by atoms with Gasteiger partial charge in [0.15, 0.2) is 0 Å². The normalized spacial score (nSPS) is 20.1. The summed E-state index contributed by atoms with van der Waals surface area (Å²) in [5.41, 5.74) is 0.721. The van der Waals surface area contributed by atoms with Gasteiger partial charge >= 0.3 is 0 Å². The summed E-state index contributed by atoms with van der Waals surface area (Å²) in [6.07, 6.45) is 7.47. The second kappa shape index (κ2) is 7.11. The predicted octanol–water partition coefficient (Wildman–Crippen LogP) is 2.80. The lowest BCUT2D eigenvalue weighted by atomic mass is 9.93. The average molecular weight is 355 g/mol. The van der Waals surface area contributed by atoms with E-state index in [9.17, 15) is 4.79 Å². The van der Waals surface area contributed by atoms with Crippen LogP contribution in [0.4, 0.5) is 0 Å². The zero-order valence-electron chi connectivity index (χ0n) is 15.1. The van der Waals surface area contributed by atoms with E-state index in [-0.39, 0.29) is 17.6 Å². The van der Waals surface area contributed by atoms with Gasteiger partial charge in [0.2, 0.25) is 5.91 Å². The molecule has 6 heteroatoms. The summed E-state index contributed by atoms with van der Waals surface area (Å²) in [6.45, 7) is 4.60. The summed E-state index contributed by atoms with van der Waals surface area (Å²) in [5, 5.41) is 0. The number of aromatic nitrogens is 2. The minimum Gasteiger partial charge on any atom is -0.485 e. The molecule has 2 aliphatic heterocycles. The van der Waals surface area contributed by atoms with Gasteiger partial charge in [-0.3, -0.25) is 4.79 Å². The van der Waals surface area contributed by atoms with Crippen molar-refractivity contribution in [3.63, 3.8) is 0 Å². The number of benzene rings is 1. The first-order chi connectivity index (χ1) is 12.7. The second-order valence-corrected chi connectivity index (χ2v) is 7.32. The van der Waals surface area contributed by atoms with Crippen molar-refractivity contribution in [2.75, 3.05) is 19.8 Å². The number of amides is 1. The van der Waals surface area contributed by atoms with Crippen molar-refractivity contribution in [2.45, 2.75) is 44.4 Å². The number of carbonyl (C=O) groups excluding carboxylic acids is 1. The molecule has 1 atom stereocenters. The molecule has 1 amide bonds. The fourth-order valence-electron chi connectivity index (χ4n) is 3.81. The molecule has 0 aliphatic carbocycles. The van der Waals surface area contributed by atoms with Crippen LogP contribution in [0.2, 0.25) is 0 Å². The van der Waals surface area contributed by atoms with E-state index in [1.54, 1.807) is 12.5 Å². The zero-order chi connectivity index (χ0) is 18.0. The van der Waals surface area contributed by atoms with Gasteiger partial charge in [-0.05, 0) is 13.0 Å². The van der Waals surface area contributed by atoms with E-state index >= 15 is 0 Å². The molecule has 1 saturated heterocycles. The summed E-state index contributed by atoms with van der Waals surface area (Å²) < 4.78 is 14.0. The topological polar surface area (TPSA) is 56.6 Å². The van der Waals surface area contributed by atoms with Gasteiger partial charge in [0, 0.05) is 49.8 Å². The summed E-state index contributed by atoms with van der Waals surface area (Å²) in [4.78, 5) is 19.1. The molecule has 0 N–H and O–H groups in total. The van der Waals surface area contributed by atoms with Gasteiger partial charge in [-0.1, -0.05) is 18.2 Å². The van der Waals surface area contributed by atoms with Gasteiger partial charge < -0.3 is 18.9 Å². The van der Waals surface area contributed by atoms with Gasteiger partial charge in [-0.2, -0.15) is 0 Å². The number of hydrogen-bond donors (Lipinski definition) is 0. The number of carbonyl (C=O) groups is 1. The van der Waals surface area contributed by atoms with Crippen molar-refractivity contribution in [3.05, 3.63) is 48.5 Å². The number of para-hydroxylation sites is 1. The lowest BCUT2D eigenvalue weighted by molar-refractivity contribution is -0.137. The first kappa shape index (κ1) is 17.1. The lowest BCUT2D eigenvalue weighted by Gasteiger charge is -2.39. The summed E-state index contributed by atoms with van der Waals surface area (Å²) in [6, 6.07) is 8.13. The number of hydrogen-bond acceptors (Lipinski definition) is 4. The minimum absolute atomic E-state index is 0.0788. The first-order valence-electron chi connectivity index (χ1n) is 9.25. The molecule has 4 rings (SSSR count). The molecule has 2 aliphatic rings. The molecule has 0 radical (unpaired) electrons. The lowest BCUT2D eigenvalue weighted by Crippen LogP contribution is -2.51. The van der Waals surface area contributed by atoms with Crippen LogP contribution >= 0.6 is 0 Å².